The molecule has 9 heteroatoms. The number of aromatic nitrogens is 4. The Hall–Kier alpha value is -4.01. The van der Waals surface area contributed by atoms with Crippen molar-refractivity contribution >= 4 is 11.6 Å². The van der Waals surface area contributed by atoms with Crippen LogP contribution in [0.3, 0.4) is 0 Å². The van der Waals surface area contributed by atoms with Crippen molar-refractivity contribution in [3.8, 4) is 28.5 Å². The van der Waals surface area contributed by atoms with E-state index in [2.05, 4.69) is 20.5 Å². The first kappa shape index (κ1) is 21.8. The van der Waals surface area contributed by atoms with E-state index >= 15 is 0 Å². The van der Waals surface area contributed by atoms with Gasteiger partial charge in [-0.3, -0.25) is 4.79 Å². The number of anilines is 1. The first-order valence-electron chi connectivity index (χ1n) is 11.0. The average molecular weight is 461 g/mol. The fourth-order valence-corrected chi connectivity index (χ4v) is 4.41. The number of halogens is 1. The largest absolute Gasteiger partial charge is 0.496 e. The monoisotopic (exact) mass is 461 g/mol. The van der Waals surface area contributed by atoms with E-state index in [9.17, 15) is 9.18 Å². The van der Waals surface area contributed by atoms with Crippen LogP contribution in [0, 0.1) is 12.7 Å². The van der Waals surface area contributed by atoms with Gasteiger partial charge in [0.1, 0.15) is 22.8 Å². The van der Waals surface area contributed by atoms with Gasteiger partial charge in [0, 0.05) is 24.7 Å². The molecule has 1 amide bonds. The molecule has 1 aliphatic rings. The van der Waals surface area contributed by atoms with Gasteiger partial charge in [-0.05, 0) is 50.1 Å². The van der Waals surface area contributed by atoms with E-state index in [-0.39, 0.29) is 5.91 Å². The van der Waals surface area contributed by atoms with Crippen molar-refractivity contribution in [3.63, 3.8) is 0 Å². The summed E-state index contributed by atoms with van der Waals surface area (Å²) >= 11 is 0. The maximum atomic E-state index is 13.6. The zero-order chi connectivity index (χ0) is 23.9. The van der Waals surface area contributed by atoms with E-state index in [0.717, 1.165) is 17.5 Å². The molecule has 1 unspecified atom stereocenters. The fourth-order valence-electron chi connectivity index (χ4n) is 4.41. The third-order valence-electron chi connectivity index (χ3n) is 6.23. The summed E-state index contributed by atoms with van der Waals surface area (Å²) in [7, 11) is 1.60. The van der Waals surface area contributed by atoms with E-state index < -0.39 is 11.2 Å². The molecule has 174 valence electrons. The maximum absolute atomic E-state index is 13.6. The van der Waals surface area contributed by atoms with E-state index in [0.29, 0.717) is 47.7 Å². The summed E-state index contributed by atoms with van der Waals surface area (Å²) < 4.78 is 26.8. The van der Waals surface area contributed by atoms with Gasteiger partial charge in [-0.25, -0.2) is 9.37 Å². The molecule has 1 aliphatic heterocycles. The molecule has 0 saturated heterocycles. The number of carbonyl (C=O) groups excluding carboxylic acids is 1. The number of hydrogen-bond donors (Lipinski definition) is 1. The van der Waals surface area contributed by atoms with Crippen LogP contribution in [0.1, 0.15) is 31.5 Å². The normalized spacial score (nSPS) is 17.3. The number of ether oxygens (including phenoxy) is 1. The summed E-state index contributed by atoms with van der Waals surface area (Å²) in [4.78, 5) is 17.4. The van der Waals surface area contributed by atoms with Gasteiger partial charge in [0.25, 0.3) is 0 Å². The number of rotatable bonds is 5. The molecule has 4 aromatic rings. The number of aryl methyl sites for hydroxylation is 1. The van der Waals surface area contributed by atoms with Crippen molar-refractivity contribution in [3.05, 3.63) is 66.2 Å². The van der Waals surface area contributed by atoms with E-state index in [1.165, 1.54) is 12.1 Å². The molecule has 1 atom stereocenters. The number of methoxy groups -OCH3 is 1. The Morgan fingerprint density at radius 3 is 2.82 bits per heavy atom. The molecule has 0 radical (unpaired) electrons. The molecule has 0 aliphatic carbocycles. The van der Waals surface area contributed by atoms with Crippen molar-refractivity contribution in [2.45, 2.75) is 38.6 Å². The molecule has 5 rings (SSSR count). The smallest absolute Gasteiger partial charge is 0.238 e. The third-order valence-corrected chi connectivity index (χ3v) is 6.23. The maximum Gasteiger partial charge on any atom is 0.238 e. The molecular weight excluding hydrogens is 437 g/mol. The first-order valence-corrected chi connectivity index (χ1v) is 11.0. The second-order valence-electron chi connectivity index (χ2n) is 8.56. The summed E-state index contributed by atoms with van der Waals surface area (Å²) in [5.41, 5.74) is 1.10. The number of fused-ring (bicyclic) bond motifs is 1. The molecule has 2 aromatic carbocycles. The Kier molecular flexibility index (Phi) is 5.39. The number of nitrogens with one attached hydrogen (secondary N) is 1. The van der Waals surface area contributed by atoms with Crippen LogP contribution in [-0.4, -0.2) is 32.8 Å². The van der Waals surface area contributed by atoms with Crippen LogP contribution in [-0.2, 0) is 16.8 Å². The zero-order valence-corrected chi connectivity index (χ0v) is 19.1. The summed E-state index contributed by atoms with van der Waals surface area (Å²) in [5.74, 6) is 2.39. The van der Waals surface area contributed by atoms with Gasteiger partial charge in [-0.2, -0.15) is 0 Å². The fraction of sp³-hybridized carbons (Fsp3) is 0.280. The van der Waals surface area contributed by atoms with E-state index in [4.69, 9.17) is 9.15 Å². The SMILES string of the molecule is COc1cc(-c2nnc3n2CCCC3(C)C(=O)Nc2cccc(F)c2)ccc1-c1cnc(C)o1. The molecule has 0 bridgehead atoms. The van der Waals surface area contributed by atoms with Crippen LogP contribution in [0.5, 0.6) is 5.75 Å². The van der Waals surface area contributed by atoms with Crippen LogP contribution in [0.4, 0.5) is 10.1 Å². The Morgan fingerprint density at radius 1 is 1.24 bits per heavy atom. The quantitative estimate of drug-likeness (QED) is 0.461. The molecule has 3 heterocycles. The number of oxazole rings is 1. The number of amides is 1. The van der Waals surface area contributed by atoms with Gasteiger partial charge >= 0.3 is 0 Å². The highest BCUT2D eigenvalue weighted by Crippen LogP contribution is 2.38. The summed E-state index contributed by atoms with van der Waals surface area (Å²) in [6, 6.07) is 11.6. The van der Waals surface area contributed by atoms with Crippen molar-refractivity contribution in [2.24, 2.45) is 0 Å². The Bertz CT molecular complexity index is 1380. The Balaban J connectivity index is 1.49. The summed E-state index contributed by atoms with van der Waals surface area (Å²) in [6.45, 7) is 4.32. The van der Waals surface area contributed by atoms with Crippen molar-refractivity contribution in [2.75, 3.05) is 12.4 Å². The minimum Gasteiger partial charge on any atom is -0.496 e. The highest BCUT2D eigenvalue weighted by Gasteiger charge is 2.43. The summed E-state index contributed by atoms with van der Waals surface area (Å²) in [5, 5.41) is 11.7. The minimum atomic E-state index is -0.906. The topological polar surface area (TPSA) is 95.1 Å². The van der Waals surface area contributed by atoms with Crippen LogP contribution < -0.4 is 10.1 Å². The predicted octanol–water partition coefficient (Wildman–Crippen LogP) is 4.75. The highest BCUT2D eigenvalue weighted by molar-refractivity contribution is 5.98. The van der Waals surface area contributed by atoms with Gasteiger partial charge in [0.05, 0.1) is 18.9 Å². The van der Waals surface area contributed by atoms with Gasteiger partial charge in [0.2, 0.25) is 5.91 Å². The predicted molar refractivity (Wildman–Crippen MR) is 124 cm³/mol. The van der Waals surface area contributed by atoms with Crippen molar-refractivity contribution in [1.82, 2.24) is 19.7 Å². The van der Waals surface area contributed by atoms with E-state index in [1.807, 2.05) is 29.7 Å². The van der Waals surface area contributed by atoms with Crippen LogP contribution >= 0.6 is 0 Å². The summed E-state index contributed by atoms with van der Waals surface area (Å²) in [6.07, 6.45) is 3.05. The average Bonchev–Trinajstić information content (AvgIpc) is 3.46. The van der Waals surface area contributed by atoms with Gasteiger partial charge in [-0.1, -0.05) is 12.1 Å². The molecule has 0 spiro atoms. The molecule has 0 fully saturated rings. The Morgan fingerprint density at radius 2 is 2.09 bits per heavy atom. The van der Waals surface area contributed by atoms with Crippen LogP contribution in [0.15, 0.2) is 53.1 Å². The van der Waals surface area contributed by atoms with Gasteiger partial charge < -0.3 is 19.0 Å². The van der Waals surface area contributed by atoms with Crippen LogP contribution in [0.25, 0.3) is 22.7 Å². The third kappa shape index (κ3) is 3.72. The second kappa shape index (κ2) is 8.40. The lowest BCUT2D eigenvalue weighted by molar-refractivity contribution is -0.122. The lowest BCUT2D eigenvalue weighted by Crippen LogP contribution is -2.42. The number of benzene rings is 2. The van der Waals surface area contributed by atoms with Crippen molar-refractivity contribution < 1.29 is 18.3 Å². The van der Waals surface area contributed by atoms with Crippen LogP contribution in [0.2, 0.25) is 0 Å². The molecule has 1 N–H and O–H groups in total. The molecule has 34 heavy (non-hydrogen) atoms. The minimum absolute atomic E-state index is 0.244. The van der Waals surface area contributed by atoms with Gasteiger partial charge in [-0.15, -0.1) is 10.2 Å². The number of nitrogens with zero attached hydrogens (tertiary/aromatic N) is 4. The zero-order valence-electron chi connectivity index (χ0n) is 19.1. The van der Waals surface area contributed by atoms with Gasteiger partial charge in [0.15, 0.2) is 17.5 Å². The number of carbonyl (C=O) groups is 1. The number of hydrogen-bond acceptors (Lipinski definition) is 6. The Labute approximate surface area is 195 Å². The molecule has 8 nitrogen and oxygen atoms in total. The lowest BCUT2D eigenvalue weighted by Gasteiger charge is -2.32. The second-order valence-corrected chi connectivity index (χ2v) is 8.56. The first-order chi connectivity index (χ1) is 16.4. The standard InChI is InChI=1S/C25H24FN5O3/c1-15-27-14-21(34-15)19-9-8-16(12-20(19)33-3)22-29-30-23-25(2,10-5-11-31(22)23)24(32)28-18-7-4-6-17(26)13-18/h4,6-9,12-14H,5,10-11H2,1-3H3,(H,28,32). The lowest BCUT2D eigenvalue weighted by atomic mass is 9.81. The molecule has 0 saturated carbocycles. The molecule has 2 aromatic heterocycles. The van der Waals surface area contributed by atoms with E-state index in [1.54, 1.807) is 32.4 Å². The van der Waals surface area contributed by atoms with Crippen molar-refractivity contribution in [1.29, 1.82) is 0 Å². The highest BCUT2D eigenvalue weighted by atomic mass is 19.1. The molecular formula is C25H24FN5O3.